The minimum absolute atomic E-state index is 0.107. The lowest BCUT2D eigenvalue weighted by Gasteiger charge is -2.33. The normalized spacial score (nSPS) is 16.5. The minimum Gasteiger partial charge on any atom is -0.507 e. The summed E-state index contributed by atoms with van der Waals surface area (Å²) in [6, 6.07) is 9.13. The van der Waals surface area contributed by atoms with Gasteiger partial charge in [-0.25, -0.2) is 9.78 Å². The van der Waals surface area contributed by atoms with Gasteiger partial charge in [0.15, 0.2) is 0 Å². The van der Waals surface area contributed by atoms with Gasteiger partial charge in [-0.3, -0.25) is 9.48 Å². The van der Waals surface area contributed by atoms with Gasteiger partial charge < -0.3 is 14.7 Å². The van der Waals surface area contributed by atoms with E-state index in [0.717, 1.165) is 23.6 Å². The number of aliphatic hydroxyl groups excluding tert-OH is 1. The molecule has 170 valence electrons. The lowest BCUT2D eigenvalue weighted by atomic mass is 10.0. The fraction of sp³-hybridized carbons (Fsp3) is 0.360. The molecule has 1 N–H and O–H groups in total. The van der Waals surface area contributed by atoms with Gasteiger partial charge in [0.1, 0.15) is 11.4 Å². The van der Waals surface area contributed by atoms with Crippen molar-refractivity contribution in [3.8, 4) is 0 Å². The Bertz CT molecular complexity index is 1450. The molecule has 1 aliphatic rings. The fourth-order valence-corrected chi connectivity index (χ4v) is 4.49. The summed E-state index contributed by atoms with van der Waals surface area (Å²) in [6.07, 6.45) is 4.71. The zero-order valence-corrected chi connectivity index (χ0v) is 18.9. The molecule has 0 radical (unpaired) electrons. The van der Waals surface area contributed by atoms with Crippen LogP contribution in [0.4, 0.5) is 4.79 Å². The highest BCUT2D eigenvalue weighted by Gasteiger charge is 2.28. The summed E-state index contributed by atoms with van der Waals surface area (Å²) < 4.78 is 7.32. The van der Waals surface area contributed by atoms with Gasteiger partial charge in [0.25, 0.3) is 5.56 Å². The molecule has 0 atom stereocenters. The molecule has 4 aromatic rings. The van der Waals surface area contributed by atoms with Crippen molar-refractivity contribution in [3.63, 3.8) is 0 Å². The zero-order valence-electron chi connectivity index (χ0n) is 18.9. The Labute approximate surface area is 190 Å². The summed E-state index contributed by atoms with van der Waals surface area (Å²) >= 11 is 0. The quantitative estimate of drug-likeness (QED) is 0.507. The van der Waals surface area contributed by atoms with Gasteiger partial charge in [-0.2, -0.15) is 5.10 Å². The highest BCUT2D eigenvalue weighted by atomic mass is 16.6. The van der Waals surface area contributed by atoms with Gasteiger partial charge in [0.2, 0.25) is 0 Å². The number of carbonyl (C=O) groups excluding carboxylic acids is 1. The van der Waals surface area contributed by atoms with Crippen LogP contribution in [0.25, 0.3) is 27.4 Å². The number of likely N-dealkylation sites (tertiary alicyclic amines) is 1. The number of amides is 1. The van der Waals surface area contributed by atoms with Crippen molar-refractivity contribution in [1.82, 2.24) is 19.7 Å². The first-order chi connectivity index (χ1) is 15.7. The van der Waals surface area contributed by atoms with Crippen molar-refractivity contribution in [2.45, 2.75) is 45.3 Å². The second-order valence-corrected chi connectivity index (χ2v) is 9.53. The molecule has 1 amide bonds. The molecule has 3 heterocycles. The van der Waals surface area contributed by atoms with E-state index in [1.807, 2.05) is 37.7 Å². The SMILES string of the molecule is CC(C)(C)OC(=O)N1CCC(n2cc(C(O)=c3ccc4nc(=O)c5cccc3c45)cn2)CC1. The van der Waals surface area contributed by atoms with E-state index in [1.54, 1.807) is 35.4 Å². The molecule has 5 rings (SSSR count). The molecule has 0 bridgehead atoms. The van der Waals surface area contributed by atoms with Crippen LogP contribution in [-0.2, 0) is 4.74 Å². The summed E-state index contributed by atoms with van der Waals surface area (Å²) in [7, 11) is 0. The number of benzene rings is 2. The van der Waals surface area contributed by atoms with Gasteiger partial charge in [-0.15, -0.1) is 0 Å². The number of aromatic nitrogens is 3. The molecule has 0 spiro atoms. The van der Waals surface area contributed by atoms with Crippen LogP contribution < -0.4 is 10.8 Å². The van der Waals surface area contributed by atoms with Crippen LogP contribution in [0.3, 0.4) is 0 Å². The molecular formula is C25H26N4O4. The Morgan fingerprint density at radius 3 is 2.58 bits per heavy atom. The summed E-state index contributed by atoms with van der Waals surface area (Å²) in [6.45, 7) is 6.77. The molecule has 2 aromatic heterocycles. The number of piperidine rings is 1. The number of hydrogen-bond acceptors (Lipinski definition) is 6. The maximum atomic E-state index is 12.3. The Kier molecular flexibility index (Phi) is 4.96. The predicted octanol–water partition coefficient (Wildman–Crippen LogP) is 3.39. The third kappa shape index (κ3) is 3.86. The minimum atomic E-state index is -0.512. The topological polar surface area (TPSA) is 97.5 Å². The molecular weight excluding hydrogens is 420 g/mol. The maximum absolute atomic E-state index is 12.3. The standard InChI is InChI=1S/C25H26N4O4/c1-25(2,3)33-24(32)28-11-9-16(10-12-28)29-14-15(13-26-29)22(30)18-7-8-20-21-17(18)5-4-6-19(21)23(31)27-20/h4-8,13-14,16,30H,9-12H2,1-3H3. The van der Waals surface area contributed by atoms with Crippen LogP contribution >= 0.6 is 0 Å². The Hall–Kier alpha value is -3.68. The van der Waals surface area contributed by atoms with Crippen LogP contribution in [0.15, 0.2) is 47.5 Å². The summed E-state index contributed by atoms with van der Waals surface area (Å²) in [4.78, 5) is 30.3. The molecule has 0 unspecified atom stereocenters. The molecule has 1 saturated heterocycles. The Balaban J connectivity index is 1.40. The van der Waals surface area contributed by atoms with Crippen molar-refractivity contribution in [1.29, 1.82) is 0 Å². The largest absolute Gasteiger partial charge is 0.507 e. The van der Waals surface area contributed by atoms with Gasteiger partial charge in [-0.05, 0) is 57.2 Å². The first-order valence-corrected chi connectivity index (χ1v) is 11.1. The number of nitrogens with zero attached hydrogens (tertiary/aromatic N) is 4. The molecule has 33 heavy (non-hydrogen) atoms. The Morgan fingerprint density at radius 2 is 1.85 bits per heavy atom. The lowest BCUT2D eigenvalue weighted by Crippen LogP contribution is -2.42. The van der Waals surface area contributed by atoms with E-state index < -0.39 is 5.60 Å². The number of carbonyl (C=O) groups is 1. The van der Waals surface area contributed by atoms with Gasteiger partial charge in [0.05, 0.1) is 28.7 Å². The number of ether oxygens (including phenoxy) is 1. The van der Waals surface area contributed by atoms with E-state index in [9.17, 15) is 14.7 Å². The van der Waals surface area contributed by atoms with Gasteiger partial charge in [0, 0.05) is 29.9 Å². The van der Waals surface area contributed by atoms with Gasteiger partial charge >= 0.3 is 6.09 Å². The van der Waals surface area contributed by atoms with E-state index in [4.69, 9.17) is 4.74 Å². The van der Waals surface area contributed by atoms with Crippen molar-refractivity contribution in [3.05, 3.63) is 63.9 Å². The van der Waals surface area contributed by atoms with Crippen molar-refractivity contribution in [2.75, 3.05) is 13.1 Å². The van der Waals surface area contributed by atoms with Crippen LogP contribution in [0.2, 0.25) is 0 Å². The van der Waals surface area contributed by atoms with Crippen LogP contribution in [0.1, 0.15) is 45.2 Å². The highest BCUT2D eigenvalue weighted by Crippen LogP contribution is 2.25. The number of aliphatic hydroxyl groups is 1. The van der Waals surface area contributed by atoms with Gasteiger partial charge in [-0.1, -0.05) is 12.1 Å². The average molecular weight is 447 g/mol. The molecule has 1 fully saturated rings. The molecule has 0 saturated carbocycles. The van der Waals surface area contributed by atoms with Crippen molar-refractivity contribution >= 4 is 33.5 Å². The van der Waals surface area contributed by atoms with E-state index in [0.29, 0.717) is 34.8 Å². The molecule has 8 nitrogen and oxygen atoms in total. The second-order valence-electron chi connectivity index (χ2n) is 9.53. The maximum Gasteiger partial charge on any atom is 0.410 e. The fourth-order valence-electron chi connectivity index (χ4n) is 4.49. The number of rotatable bonds is 2. The van der Waals surface area contributed by atoms with E-state index in [-0.39, 0.29) is 23.5 Å². The Morgan fingerprint density at radius 1 is 1.12 bits per heavy atom. The monoisotopic (exact) mass is 446 g/mol. The predicted molar refractivity (Wildman–Crippen MR) is 125 cm³/mol. The lowest BCUT2D eigenvalue weighted by molar-refractivity contribution is 0.0185. The summed E-state index contributed by atoms with van der Waals surface area (Å²) in [5.74, 6) is 0.107. The summed E-state index contributed by atoms with van der Waals surface area (Å²) in [5.41, 5.74) is 0.473. The average Bonchev–Trinajstić information content (AvgIpc) is 3.39. The third-order valence-corrected chi connectivity index (χ3v) is 6.09. The van der Waals surface area contributed by atoms with Crippen LogP contribution in [0.5, 0.6) is 0 Å². The van der Waals surface area contributed by atoms with Crippen LogP contribution in [-0.4, -0.2) is 49.6 Å². The van der Waals surface area contributed by atoms with E-state index in [2.05, 4.69) is 10.1 Å². The van der Waals surface area contributed by atoms with Crippen molar-refractivity contribution in [2.24, 2.45) is 0 Å². The first-order valence-electron chi connectivity index (χ1n) is 11.1. The molecule has 1 aliphatic heterocycles. The number of hydrogen-bond donors (Lipinski definition) is 1. The van der Waals surface area contributed by atoms with Crippen molar-refractivity contribution < 1.29 is 14.6 Å². The highest BCUT2D eigenvalue weighted by molar-refractivity contribution is 6.09. The van der Waals surface area contributed by atoms with E-state index in [1.165, 1.54) is 0 Å². The summed E-state index contributed by atoms with van der Waals surface area (Å²) in [5, 5.41) is 18.3. The smallest absolute Gasteiger partial charge is 0.410 e. The second kappa shape index (κ2) is 7.72. The first kappa shape index (κ1) is 21.2. The molecule has 2 aromatic carbocycles. The zero-order chi connectivity index (χ0) is 23.3. The molecule has 8 heteroatoms. The van der Waals surface area contributed by atoms with E-state index >= 15 is 0 Å². The van der Waals surface area contributed by atoms with Crippen LogP contribution in [0, 0.1) is 0 Å². The molecule has 0 aliphatic carbocycles. The third-order valence-electron chi connectivity index (χ3n) is 6.09.